The number of benzene rings is 1. The van der Waals surface area contributed by atoms with E-state index in [-0.39, 0.29) is 23.8 Å². The predicted molar refractivity (Wildman–Crippen MR) is 63.2 cm³/mol. The van der Waals surface area contributed by atoms with Crippen LogP contribution in [0.5, 0.6) is 0 Å². The van der Waals surface area contributed by atoms with Gasteiger partial charge in [-0.15, -0.1) is 0 Å². The first-order valence-corrected chi connectivity index (χ1v) is 5.67. The van der Waals surface area contributed by atoms with Gasteiger partial charge >= 0.3 is 5.97 Å². The molecule has 0 aromatic heterocycles. The Labute approximate surface area is 108 Å². The van der Waals surface area contributed by atoms with Crippen LogP contribution >= 0.6 is 11.6 Å². The lowest BCUT2D eigenvalue weighted by Gasteiger charge is -2.24. The fraction of sp³-hybridized carbons (Fsp3) is 0.250. The Kier molecular flexibility index (Phi) is 3.34. The largest absolute Gasteiger partial charge is 0.479 e. The van der Waals surface area contributed by atoms with Gasteiger partial charge in [0.15, 0.2) is 11.8 Å². The Hall–Kier alpha value is -1.88. The van der Waals surface area contributed by atoms with Gasteiger partial charge in [0.25, 0.3) is 0 Å². The first kappa shape index (κ1) is 12.6. The predicted octanol–water partition coefficient (Wildman–Crippen LogP) is 1.27. The first-order chi connectivity index (χ1) is 8.50. The summed E-state index contributed by atoms with van der Waals surface area (Å²) in [6.45, 7) is -0.180. The Morgan fingerprint density at radius 1 is 1.33 bits per heavy atom. The molecule has 18 heavy (non-hydrogen) atoms. The molecular formula is C12H10ClNO4. The second-order valence-electron chi connectivity index (χ2n) is 4.00. The summed E-state index contributed by atoms with van der Waals surface area (Å²) in [6.07, 6.45) is -0.242. The van der Waals surface area contributed by atoms with E-state index in [4.69, 9.17) is 11.6 Å². The van der Waals surface area contributed by atoms with Crippen LogP contribution in [0.2, 0.25) is 5.02 Å². The number of aliphatic carboxylic acids is 1. The SMILES string of the molecule is O=C1CC(=O)N([C@@H](C(=O)O)c2ccccc2Cl)C1. The number of carboxylic acid groups (broad SMARTS) is 1. The van der Waals surface area contributed by atoms with Crippen molar-refractivity contribution in [1.82, 2.24) is 4.90 Å². The summed E-state index contributed by atoms with van der Waals surface area (Å²) in [5, 5.41) is 9.51. The van der Waals surface area contributed by atoms with Crippen molar-refractivity contribution in [2.75, 3.05) is 6.54 Å². The molecule has 0 spiro atoms. The van der Waals surface area contributed by atoms with E-state index in [9.17, 15) is 19.5 Å². The molecule has 1 aromatic rings. The molecule has 6 heteroatoms. The molecule has 5 nitrogen and oxygen atoms in total. The summed E-state index contributed by atoms with van der Waals surface area (Å²) >= 11 is 5.94. The monoisotopic (exact) mass is 267 g/mol. The average molecular weight is 268 g/mol. The number of hydrogen-bond acceptors (Lipinski definition) is 3. The van der Waals surface area contributed by atoms with Gasteiger partial charge in [-0.05, 0) is 6.07 Å². The molecule has 2 rings (SSSR count). The van der Waals surface area contributed by atoms with Crippen molar-refractivity contribution < 1.29 is 19.5 Å². The fourth-order valence-corrected chi connectivity index (χ4v) is 2.21. The lowest BCUT2D eigenvalue weighted by atomic mass is 10.1. The van der Waals surface area contributed by atoms with Crippen LogP contribution < -0.4 is 0 Å². The van der Waals surface area contributed by atoms with Crippen LogP contribution in [0, 0.1) is 0 Å². The van der Waals surface area contributed by atoms with E-state index in [0.29, 0.717) is 5.56 Å². The molecule has 1 aliphatic rings. The highest BCUT2D eigenvalue weighted by molar-refractivity contribution is 6.31. The molecule has 1 atom stereocenters. The Morgan fingerprint density at radius 2 is 2.00 bits per heavy atom. The number of carbonyl (C=O) groups is 3. The summed E-state index contributed by atoms with van der Waals surface area (Å²) in [5.74, 6) is -1.96. The summed E-state index contributed by atoms with van der Waals surface area (Å²) in [7, 11) is 0. The molecule has 0 aliphatic carbocycles. The molecule has 1 heterocycles. The molecule has 1 amide bonds. The number of Topliss-reactive ketones (excluding diaryl/α,β-unsaturated/α-hetero) is 1. The lowest BCUT2D eigenvalue weighted by Crippen LogP contribution is -2.35. The molecule has 0 unspecified atom stereocenters. The smallest absolute Gasteiger partial charge is 0.331 e. The van der Waals surface area contributed by atoms with E-state index in [0.717, 1.165) is 4.90 Å². The van der Waals surface area contributed by atoms with Crippen molar-refractivity contribution in [3.63, 3.8) is 0 Å². The molecule has 1 N–H and O–H groups in total. The molecule has 1 fully saturated rings. The van der Waals surface area contributed by atoms with Crippen LogP contribution in [0.15, 0.2) is 24.3 Å². The van der Waals surface area contributed by atoms with Crippen LogP contribution in [0.4, 0.5) is 0 Å². The van der Waals surface area contributed by atoms with Gasteiger partial charge in [-0.25, -0.2) is 4.79 Å². The number of carboxylic acids is 1. The Balaban J connectivity index is 2.41. The zero-order chi connectivity index (χ0) is 13.3. The third-order valence-electron chi connectivity index (χ3n) is 2.76. The third-order valence-corrected chi connectivity index (χ3v) is 3.11. The van der Waals surface area contributed by atoms with Crippen LogP contribution in [0.3, 0.4) is 0 Å². The lowest BCUT2D eigenvalue weighted by molar-refractivity contribution is -0.148. The van der Waals surface area contributed by atoms with Crippen molar-refractivity contribution in [3.8, 4) is 0 Å². The van der Waals surface area contributed by atoms with E-state index < -0.39 is 17.9 Å². The number of ketones is 1. The maximum atomic E-state index is 11.6. The normalized spacial score (nSPS) is 17.1. The number of likely N-dealkylation sites (tertiary alicyclic amines) is 1. The van der Waals surface area contributed by atoms with Gasteiger partial charge in [0.1, 0.15) is 0 Å². The zero-order valence-corrected chi connectivity index (χ0v) is 10.1. The van der Waals surface area contributed by atoms with E-state index in [1.807, 2.05) is 0 Å². The van der Waals surface area contributed by atoms with Gasteiger partial charge in [0, 0.05) is 10.6 Å². The Morgan fingerprint density at radius 3 is 2.50 bits per heavy atom. The van der Waals surface area contributed by atoms with Gasteiger partial charge in [0.2, 0.25) is 5.91 Å². The van der Waals surface area contributed by atoms with Crippen LogP contribution in [0.1, 0.15) is 18.0 Å². The quantitative estimate of drug-likeness (QED) is 0.837. The van der Waals surface area contributed by atoms with Crippen LogP contribution in [0.25, 0.3) is 0 Å². The number of carbonyl (C=O) groups excluding carboxylic acids is 2. The van der Waals surface area contributed by atoms with Crippen molar-refractivity contribution in [2.24, 2.45) is 0 Å². The standard InChI is InChI=1S/C12H10ClNO4/c13-9-4-2-1-3-8(9)11(12(17)18)14-6-7(15)5-10(14)16/h1-4,11H,5-6H2,(H,17,18)/t11-/m1/s1. The number of hydrogen-bond donors (Lipinski definition) is 1. The summed E-state index contributed by atoms with van der Waals surface area (Å²) in [4.78, 5) is 35.2. The maximum absolute atomic E-state index is 11.6. The van der Waals surface area contributed by atoms with Gasteiger partial charge in [-0.2, -0.15) is 0 Å². The van der Waals surface area contributed by atoms with E-state index in [1.165, 1.54) is 6.07 Å². The highest BCUT2D eigenvalue weighted by Gasteiger charge is 2.38. The van der Waals surface area contributed by atoms with Crippen LogP contribution in [-0.2, 0) is 14.4 Å². The second-order valence-corrected chi connectivity index (χ2v) is 4.41. The van der Waals surface area contributed by atoms with Crippen LogP contribution in [-0.4, -0.2) is 34.2 Å². The molecule has 0 bridgehead atoms. The summed E-state index contributed by atoms with van der Waals surface area (Å²) < 4.78 is 0. The summed E-state index contributed by atoms with van der Waals surface area (Å²) in [6, 6.07) is 5.19. The van der Waals surface area contributed by atoms with E-state index in [2.05, 4.69) is 0 Å². The fourth-order valence-electron chi connectivity index (χ4n) is 1.97. The molecule has 94 valence electrons. The number of rotatable bonds is 3. The molecular weight excluding hydrogens is 258 g/mol. The molecule has 0 saturated carbocycles. The molecule has 0 radical (unpaired) electrons. The minimum atomic E-state index is -1.21. The van der Waals surface area contributed by atoms with Crippen molar-refractivity contribution in [2.45, 2.75) is 12.5 Å². The average Bonchev–Trinajstić information content (AvgIpc) is 2.61. The van der Waals surface area contributed by atoms with Gasteiger partial charge < -0.3 is 10.0 Å². The second kappa shape index (κ2) is 4.78. The highest BCUT2D eigenvalue weighted by atomic mass is 35.5. The van der Waals surface area contributed by atoms with E-state index >= 15 is 0 Å². The highest BCUT2D eigenvalue weighted by Crippen LogP contribution is 2.30. The number of halogens is 1. The number of amides is 1. The Bertz CT molecular complexity index is 529. The van der Waals surface area contributed by atoms with E-state index in [1.54, 1.807) is 18.2 Å². The molecule has 1 aliphatic heterocycles. The van der Waals surface area contributed by atoms with Crippen molar-refractivity contribution in [3.05, 3.63) is 34.9 Å². The minimum absolute atomic E-state index is 0.180. The zero-order valence-electron chi connectivity index (χ0n) is 9.30. The van der Waals surface area contributed by atoms with Gasteiger partial charge in [-0.3, -0.25) is 9.59 Å². The van der Waals surface area contributed by atoms with Gasteiger partial charge in [0.05, 0.1) is 13.0 Å². The molecule has 1 aromatic carbocycles. The van der Waals surface area contributed by atoms with Gasteiger partial charge in [-0.1, -0.05) is 29.8 Å². The molecule has 1 saturated heterocycles. The summed E-state index contributed by atoms with van der Waals surface area (Å²) in [5.41, 5.74) is 0.315. The topological polar surface area (TPSA) is 74.7 Å². The van der Waals surface area contributed by atoms with Crippen molar-refractivity contribution >= 4 is 29.3 Å². The maximum Gasteiger partial charge on any atom is 0.331 e. The minimum Gasteiger partial charge on any atom is -0.479 e. The number of nitrogens with zero attached hydrogens (tertiary/aromatic N) is 1. The van der Waals surface area contributed by atoms with Crippen molar-refractivity contribution in [1.29, 1.82) is 0 Å². The first-order valence-electron chi connectivity index (χ1n) is 5.29. The third kappa shape index (κ3) is 2.22.